The Kier molecular flexibility index (Phi) is 8.74. The van der Waals surface area contributed by atoms with Crippen molar-refractivity contribution < 1.29 is 9.53 Å². The molecule has 0 saturated heterocycles. The Morgan fingerprint density at radius 1 is 0.970 bits per heavy atom. The zero-order valence-corrected chi connectivity index (χ0v) is 21.2. The predicted octanol–water partition coefficient (Wildman–Crippen LogP) is 6.44. The number of carbonyl (C=O) groups is 1. The van der Waals surface area contributed by atoms with Gasteiger partial charge < -0.3 is 9.64 Å². The Morgan fingerprint density at radius 2 is 1.67 bits per heavy atom. The van der Waals surface area contributed by atoms with Crippen LogP contribution in [0.3, 0.4) is 0 Å². The van der Waals surface area contributed by atoms with Gasteiger partial charge in [0.1, 0.15) is 11.5 Å². The van der Waals surface area contributed by atoms with Gasteiger partial charge >= 0.3 is 0 Å². The summed E-state index contributed by atoms with van der Waals surface area (Å²) >= 11 is 3.25. The van der Waals surface area contributed by atoms with Crippen LogP contribution in [0.25, 0.3) is 10.2 Å². The van der Waals surface area contributed by atoms with Crippen LogP contribution in [0, 0.1) is 0 Å². The van der Waals surface area contributed by atoms with E-state index in [9.17, 15) is 4.79 Å². The number of nitrogens with zero attached hydrogens (tertiary/aromatic N) is 3. The van der Waals surface area contributed by atoms with Crippen molar-refractivity contribution in [3.63, 3.8) is 0 Å². The monoisotopic (exact) mass is 499 g/mol. The third-order valence-electron chi connectivity index (χ3n) is 4.91. The Balaban J connectivity index is 0.00000306. The summed E-state index contributed by atoms with van der Waals surface area (Å²) in [6.45, 7) is 1.30. The number of fused-ring (bicyclic) bond motifs is 1. The molecule has 3 aromatic carbocycles. The average molecular weight is 500 g/mol. The summed E-state index contributed by atoms with van der Waals surface area (Å²) in [7, 11) is 4.00. The number of thioether (sulfide) groups is 1. The van der Waals surface area contributed by atoms with E-state index in [-0.39, 0.29) is 18.3 Å². The maximum atomic E-state index is 13.5. The molecule has 8 heteroatoms. The molecule has 0 unspecified atom stereocenters. The van der Waals surface area contributed by atoms with Crippen LogP contribution in [0.5, 0.6) is 11.5 Å². The van der Waals surface area contributed by atoms with Crippen molar-refractivity contribution in [2.45, 2.75) is 4.90 Å². The van der Waals surface area contributed by atoms with Gasteiger partial charge in [-0.05, 0) is 74.9 Å². The van der Waals surface area contributed by atoms with Gasteiger partial charge in [-0.2, -0.15) is 0 Å². The minimum absolute atomic E-state index is 0. The van der Waals surface area contributed by atoms with Gasteiger partial charge in [-0.15, -0.1) is 24.2 Å². The number of hydrogen-bond donors (Lipinski definition) is 0. The summed E-state index contributed by atoms with van der Waals surface area (Å²) < 4.78 is 6.94. The van der Waals surface area contributed by atoms with Crippen LogP contribution in [-0.2, 0) is 0 Å². The minimum Gasteiger partial charge on any atom is -0.457 e. The molecular formula is C25H26ClN3O2S2. The fraction of sp³-hybridized carbons (Fsp3) is 0.200. The molecule has 1 heterocycles. The molecule has 4 rings (SSSR count). The van der Waals surface area contributed by atoms with Crippen LogP contribution in [0.4, 0.5) is 5.13 Å². The Morgan fingerprint density at radius 3 is 2.33 bits per heavy atom. The van der Waals surface area contributed by atoms with Gasteiger partial charge in [-0.3, -0.25) is 9.69 Å². The maximum Gasteiger partial charge on any atom is 0.260 e. The summed E-state index contributed by atoms with van der Waals surface area (Å²) in [5.74, 6) is 1.39. The highest BCUT2D eigenvalue weighted by Crippen LogP contribution is 2.32. The molecule has 1 amide bonds. The summed E-state index contributed by atoms with van der Waals surface area (Å²) in [5, 5.41) is 0.717. The first-order valence-corrected chi connectivity index (χ1v) is 12.3. The molecule has 0 radical (unpaired) electrons. The van der Waals surface area contributed by atoms with E-state index in [1.807, 2.05) is 74.8 Å². The SMILES string of the molecule is CSc1ccc2nc(N(CCN(C)C)C(=O)c3ccc(Oc4ccccc4)cc3)sc2c1.Cl. The largest absolute Gasteiger partial charge is 0.457 e. The molecule has 5 nitrogen and oxygen atoms in total. The average Bonchev–Trinajstić information content (AvgIpc) is 3.23. The highest BCUT2D eigenvalue weighted by atomic mass is 35.5. The first-order valence-electron chi connectivity index (χ1n) is 10.3. The number of hydrogen-bond acceptors (Lipinski definition) is 6. The van der Waals surface area contributed by atoms with Crippen molar-refractivity contribution >= 4 is 56.8 Å². The van der Waals surface area contributed by atoms with Crippen LogP contribution in [0.15, 0.2) is 77.7 Å². The number of likely N-dealkylation sites (N-methyl/N-ethyl adjacent to an activating group) is 1. The van der Waals surface area contributed by atoms with Gasteiger partial charge in [0.2, 0.25) is 0 Å². The number of rotatable bonds is 8. The first-order chi connectivity index (χ1) is 15.5. The van der Waals surface area contributed by atoms with Gasteiger partial charge in [0.15, 0.2) is 5.13 Å². The fourth-order valence-electron chi connectivity index (χ4n) is 3.17. The molecule has 0 atom stereocenters. The fourth-order valence-corrected chi connectivity index (χ4v) is 4.71. The molecular weight excluding hydrogens is 474 g/mol. The van der Waals surface area contributed by atoms with Crippen LogP contribution >= 0.6 is 35.5 Å². The topological polar surface area (TPSA) is 45.7 Å². The molecule has 0 spiro atoms. The lowest BCUT2D eigenvalue weighted by Crippen LogP contribution is -2.36. The van der Waals surface area contributed by atoms with Gasteiger partial charge in [0.05, 0.1) is 10.2 Å². The molecule has 0 aliphatic heterocycles. The number of anilines is 1. The highest BCUT2D eigenvalue weighted by Gasteiger charge is 2.21. The molecule has 1 aromatic heterocycles. The number of aromatic nitrogens is 1. The number of benzene rings is 3. The number of carbonyl (C=O) groups excluding carboxylic acids is 1. The summed E-state index contributed by atoms with van der Waals surface area (Å²) in [6.07, 6.45) is 2.06. The number of para-hydroxylation sites is 1. The molecule has 0 saturated carbocycles. The van der Waals surface area contributed by atoms with E-state index in [4.69, 9.17) is 9.72 Å². The van der Waals surface area contributed by atoms with Gasteiger partial charge in [-0.25, -0.2) is 4.98 Å². The predicted molar refractivity (Wildman–Crippen MR) is 142 cm³/mol. The second-order valence-electron chi connectivity index (χ2n) is 7.53. The van der Waals surface area contributed by atoms with Crippen molar-refractivity contribution in [3.8, 4) is 11.5 Å². The lowest BCUT2D eigenvalue weighted by molar-refractivity contribution is 0.0985. The van der Waals surface area contributed by atoms with Crippen molar-refractivity contribution in [1.29, 1.82) is 0 Å². The normalized spacial score (nSPS) is 10.8. The zero-order chi connectivity index (χ0) is 22.5. The van der Waals surface area contributed by atoms with E-state index in [1.54, 1.807) is 28.0 Å². The number of ether oxygens (including phenoxy) is 1. The van der Waals surface area contributed by atoms with Crippen molar-refractivity contribution in [2.24, 2.45) is 0 Å². The molecule has 33 heavy (non-hydrogen) atoms. The Hall–Kier alpha value is -2.58. The van der Waals surface area contributed by atoms with Gasteiger partial charge in [0, 0.05) is 23.5 Å². The van der Waals surface area contributed by atoms with Gasteiger partial charge in [-0.1, -0.05) is 29.5 Å². The molecule has 0 aliphatic carbocycles. The highest BCUT2D eigenvalue weighted by molar-refractivity contribution is 7.98. The summed E-state index contributed by atoms with van der Waals surface area (Å²) in [6, 6.07) is 23.1. The third-order valence-corrected chi connectivity index (χ3v) is 6.68. The molecule has 0 bridgehead atoms. The van der Waals surface area contributed by atoms with E-state index in [1.165, 1.54) is 4.90 Å². The molecule has 172 valence electrons. The number of amides is 1. The van der Waals surface area contributed by atoms with Crippen LogP contribution in [0.1, 0.15) is 10.4 Å². The van der Waals surface area contributed by atoms with E-state index in [0.29, 0.717) is 17.9 Å². The van der Waals surface area contributed by atoms with Crippen molar-refractivity contribution in [2.75, 3.05) is 38.3 Å². The molecule has 0 aliphatic rings. The van der Waals surface area contributed by atoms with E-state index in [0.717, 1.165) is 27.6 Å². The minimum atomic E-state index is -0.0674. The molecule has 0 fully saturated rings. The van der Waals surface area contributed by atoms with E-state index >= 15 is 0 Å². The Bertz CT molecular complexity index is 1200. The second kappa shape index (κ2) is 11.5. The number of thiazole rings is 1. The van der Waals surface area contributed by atoms with Gasteiger partial charge in [0.25, 0.3) is 5.91 Å². The quantitative estimate of drug-likeness (QED) is 0.261. The van der Waals surface area contributed by atoms with E-state index in [2.05, 4.69) is 23.3 Å². The maximum absolute atomic E-state index is 13.5. The lowest BCUT2D eigenvalue weighted by Gasteiger charge is -2.22. The van der Waals surface area contributed by atoms with E-state index < -0.39 is 0 Å². The second-order valence-corrected chi connectivity index (χ2v) is 9.42. The van der Waals surface area contributed by atoms with Crippen LogP contribution in [-0.4, -0.2) is 49.2 Å². The Labute approximate surface area is 208 Å². The standard InChI is InChI=1S/C25H25N3O2S2.ClH/c1-27(2)15-16-28(25-26-22-14-13-21(31-3)17-23(22)32-25)24(29)18-9-11-20(12-10-18)30-19-7-5-4-6-8-19;/h4-14,17H,15-16H2,1-3H3;1H. The smallest absolute Gasteiger partial charge is 0.260 e. The lowest BCUT2D eigenvalue weighted by atomic mass is 10.2. The summed E-state index contributed by atoms with van der Waals surface area (Å²) in [4.78, 5) is 23.2. The van der Waals surface area contributed by atoms with Crippen LogP contribution in [0.2, 0.25) is 0 Å². The zero-order valence-electron chi connectivity index (χ0n) is 18.7. The van der Waals surface area contributed by atoms with Crippen LogP contribution < -0.4 is 9.64 Å². The van der Waals surface area contributed by atoms with Crippen molar-refractivity contribution in [1.82, 2.24) is 9.88 Å². The third kappa shape index (κ3) is 6.26. The first kappa shape index (κ1) is 25.1. The summed E-state index contributed by atoms with van der Waals surface area (Å²) in [5.41, 5.74) is 1.52. The van der Waals surface area contributed by atoms with Crippen molar-refractivity contribution in [3.05, 3.63) is 78.4 Å². The molecule has 4 aromatic rings. The molecule has 0 N–H and O–H groups in total. The number of halogens is 1.